The molecule has 1 aromatic carbocycles. The van der Waals surface area contributed by atoms with Crippen LogP contribution in [0.15, 0.2) is 30.3 Å². The van der Waals surface area contributed by atoms with Crippen molar-refractivity contribution in [2.45, 2.75) is 25.8 Å². The van der Waals surface area contributed by atoms with Gasteiger partial charge in [-0.05, 0) is 36.7 Å². The largest absolute Gasteiger partial charge is 0.339 e. The molecule has 2 saturated heterocycles. The zero-order valence-electron chi connectivity index (χ0n) is 16.1. The average molecular weight is 381 g/mol. The van der Waals surface area contributed by atoms with E-state index in [1.54, 1.807) is 0 Å². The van der Waals surface area contributed by atoms with Crippen molar-refractivity contribution in [3.8, 4) is 0 Å². The van der Waals surface area contributed by atoms with Crippen LogP contribution in [0, 0.1) is 23.7 Å². The molecule has 6 nitrogen and oxygen atoms in total. The maximum Gasteiger partial charge on any atom is 0.242 e. The summed E-state index contributed by atoms with van der Waals surface area (Å²) in [6.07, 6.45) is 3.16. The summed E-state index contributed by atoms with van der Waals surface area (Å²) in [6.45, 7) is 3.76. The fourth-order valence-electron chi connectivity index (χ4n) is 5.86. The third-order valence-electron chi connectivity index (χ3n) is 7.29. The van der Waals surface area contributed by atoms with Gasteiger partial charge >= 0.3 is 0 Å². The Kier molecular flexibility index (Phi) is 4.46. The number of piperazine rings is 1. The topological polar surface area (TPSA) is 60.9 Å². The van der Waals surface area contributed by atoms with Crippen molar-refractivity contribution < 1.29 is 14.4 Å². The van der Waals surface area contributed by atoms with Gasteiger partial charge in [-0.2, -0.15) is 0 Å². The smallest absolute Gasteiger partial charge is 0.242 e. The molecular formula is C22H27N3O3. The first kappa shape index (κ1) is 17.9. The van der Waals surface area contributed by atoms with E-state index >= 15 is 0 Å². The second kappa shape index (κ2) is 6.99. The average Bonchev–Trinajstić information content (AvgIpc) is 3.39. The quantitative estimate of drug-likeness (QED) is 0.739. The van der Waals surface area contributed by atoms with Gasteiger partial charge in [-0.25, -0.2) is 0 Å². The molecule has 28 heavy (non-hydrogen) atoms. The third-order valence-corrected chi connectivity index (χ3v) is 7.29. The number of imide groups is 1. The van der Waals surface area contributed by atoms with Crippen molar-refractivity contribution in [1.82, 2.24) is 14.7 Å². The van der Waals surface area contributed by atoms with Gasteiger partial charge in [0.2, 0.25) is 17.7 Å². The van der Waals surface area contributed by atoms with E-state index in [9.17, 15) is 14.4 Å². The van der Waals surface area contributed by atoms with Crippen LogP contribution in [0.1, 0.15) is 24.8 Å². The Morgan fingerprint density at radius 1 is 0.893 bits per heavy atom. The second-order valence-electron chi connectivity index (χ2n) is 8.79. The van der Waals surface area contributed by atoms with Gasteiger partial charge in [0.1, 0.15) is 6.54 Å². The van der Waals surface area contributed by atoms with Crippen LogP contribution in [0.5, 0.6) is 0 Å². The minimum absolute atomic E-state index is 0.0667. The SMILES string of the molecule is O=C(CN1C(=O)[C@@H]2[C@H]3CC[C@@H](C3)[C@H]2C1=O)N1CCN(Cc2ccccc2)CC1. The number of nitrogens with zero attached hydrogens (tertiary/aromatic N) is 3. The van der Waals surface area contributed by atoms with Crippen LogP contribution in [0.2, 0.25) is 0 Å². The van der Waals surface area contributed by atoms with Crippen molar-refractivity contribution in [2.24, 2.45) is 23.7 Å². The highest BCUT2D eigenvalue weighted by molar-refractivity contribution is 6.08. The van der Waals surface area contributed by atoms with Crippen LogP contribution in [-0.2, 0) is 20.9 Å². The molecule has 0 N–H and O–H groups in total. The molecule has 148 valence electrons. The van der Waals surface area contributed by atoms with Crippen LogP contribution in [0.4, 0.5) is 0 Å². The lowest BCUT2D eigenvalue weighted by molar-refractivity contribution is -0.147. The monoisotopic (exact) mass is 381 g/mol. The van der Waals surface area contributed by atoms with E-state index in [1.807, 2.05) is 23.1 Å². The normalized spacial score (nSPS) is 32.3. The Morgan fingerprint density at radius 2 is 1.50 bits per heavy atom. The van der Waals surface area contributed by atoms with Crippen LogP contribution in [-0.4, -0.2) is 65.1 Å². The lowest BCUT2D eigenvalue weighted by Gasteiger charge is -2.35. The fourth-order valence-corrected chi connectivity index (χ4v) is 5.86. The van der Waals surface area contributed by atoms with E-state index in [1.165, 1.54) is 10.5 Å². The summed E-state index contributed by atoms with van der Waals surface area (Å²) in [6, 6.07) is 10.3. The van der Waals surface area contributed by atoms with Gasteiger partial charge in [0, 0.05) is 32.7 Å². The minimum Gasteiger partial charge on any atom is -0.339 e. The summed E-state index contributed by atoms with van der Waals surface area (Å²) in [5.74, 6) is 0.203. The first-order valence-corrected chi connectivity index (χ1v) is 10.5. The Morgan fingerprint density at radius 3 is 2.11 bits per heavy atom. The molecule has 2 heterocycles. The summed E-state index contributed by atoms with van der Waals surface area (Å²) in [7, 11) is 0. The number of carbonyl (C=O) groups is 3. The lowest BCUT2D eigenvalue weighted by atomic mass is 9.81. The molecule has 4 fully saturated rings. The Bertz CT molecular complexity index is 759. The highest BCUT2D eigenvalue weighted by Gasteiger charge is 2.61. The number of rotatable bonds is 4. The van der Waals surface area contributed by atoms with E-state index in [-0.39, 0.29) is 36.1 Å². The number of amides is 3. The van der Waals surface area contributed by atoms with Crippen molar-refractivity contribution in [2.75, 3.05) is 32.7 Å². The van der Waals surface area contributed by atoms with E-state index in [0.29, 0.717) is 24.9 Å². The molecule has 0 aromatic heterocycles. The number of fused-ring (bicyclic) bond motifs is 5. The van der Waals surface area contributed by atoms with Crippen molar-refractivity contribution in [3.63, 3.8) is 0 Å². The van der Waals surface area contributed by atoms with Crippen molar-refractivity contribution >= 4 is 17.7 Å². The molecule has 2 saturated carbocycles. The molecule has 6 heteroatoms. The molecule has 3 amide bonds. The number of hydrogen-bond donors (Lipinski definition) is 0. The molecule has 2 aliphatic carbocycles. The van der Waals surface area contributed by atoms with Gasteiger partial charge in [0.05, 0.1) is 11.8 Å². The highest BCUT2D eigenvalue weighted by atomic mass is 16.2. The van der Waals surface area contributed by atoms with Crippen molar-refractivity contribution in [3.05, 3.63) is 35.9 Å². The molecule has 4 aliphatic rings. The predicted octanol–water partition coefficient (Wildman–Crippen LogP) is 1.36. The molecule has 4 atom stereocenters. The first-order chi connectivity index (χ1) is 13.6. The Hall–Kier alpha value is -2.21. The summed E-state index contributed by atoms with van der Waals surface area (Å²) in [5.41, 5.74) is 1.27. The Balaban J connectivity index is 1.16. The number of hydrogen-bond acceptors (Lipinski definition) is 4. The van der Waals surface area contributed by atoms with E-state index in [2.05, 4.69) is 17.0 Å². The van der Waals surface area contributed by atoms with Gasteiger partial charge in [-0.15, -0.1) is 0 Å². The van der Waals surface area contributed by atoms with Gasteiger partial charge in [-0.1, -0.05) is 30.3 Å². The fraction of sp³-hybridized carbons (Fsp3) is 0.591. The molecule has 0 radical (unpaired) electrons. The maximum atomic E-state index is 12.8. The zero-order valence-corrected chi connectivity index (χ0v) is 16.1. The van der Waals surface area contributed by atoms with Crippen LogP contribution in [0.3, 0.4) is 0 Å². The van der Waals surface area contributed by atoms with Crippen LogP contribution in [0.25, 0.3) is 0 Å². The van der Waals surface area contributed by atoms with Crippen LogP contribution < -0.4 is 0 Å². The third kappa shape index (κ3) is 2.94. The minimum atomic E-state index is -0.137. The second-order valence-corrected chi connectivity index (χ2v) is 8.79. The summed E-state index contributed by atoms with van der Waals surface area (Å²) in [4.78, 5) is 43.8. The van der Waals surface area contributed by atoms with Crippen molar-refractivity contribution in [1.29, 1.82) is 0 Å². The lowest BCUT2D eigenvalue weighted by Crippen LogP contribution is -2.51. The van der Waals surface area contributed by atoms with E-state index < -0.39 is 0 Å². The molecular weight excluding hydrogens is 354 g/mol. The Labute approximate surface area is 165 Å². The maximum absolute atomic E-state index is 12.8. The zero-order chi connectivity index (χ0) is 19.3. The number of likely N-dealkylation sites (tertiary alicyclic amines) is 1. The molecule has 1 aromatic rings. The standard InChI is InChI=1S/C22H27N3O3/c26-18(24-10-8-23(9-11-24)13-15-4-2-1-3-5-15)14-25-21(27)19-16-6-7-17(12-16)20(19)22(25)28/h1-5,16-17,19-20H,6-14H2/t16-,17-,19+,20+/m0/s1. The molecule has 5 rings (SSSR count). The highest BCUT2D eigenvalue weighted by Crippen LogP contribution is 2.56. The van der Waals surface area contributed by atoms with Gasteiger partial charge in [0.25, 0.3) is 0 Å². The van der Waals surface area contributed by atoms with Gasteiger partial charge in [-0.3, -0.25) is 24.2 Å². The first-order valence-electron chi connectivity index (χ1n) is 10.5. The van der Waals surface area contributed by atoms with Gasteiger partial charge < -0.3 is 4.90 Å². The molecule has 2 aliphatic heterocycles. The molecule has 2 bridgehead atoms. The number of benzene rings is 1. The van der Waals surface area contributed by atoms with E-state index in [0.717, 1.165) is 38.9 Å². The summed E-state index contributed by atoms with van der Waals surface area (Å²) in [5, 5.41) is 0. The number of carbonyl (C=O) groups excluding carboxylic acids is 3. The van der Waals surface area contributed by atoms with Crippen LogP contribution >= 0.6 is 0 Å². The molecule has 0 unspecified atom stereocenters. The van der Waals surface area contributed by atoms with Gasteiger partial charge in [0.15, 0.2) is 0 Å². The summed E-state index contributed by atoms with van der Waals surface area (Å²) < 4.78 is 0. The van der Waals surface area contributed by atoms with E-state index in [4.69, 9.17) is 0 Å². The summed E-state index contributed by atoms with van der Waals surface area (Å²) >= 11 is 0. The molecule has 0 spiro atoms. The predicted molar refractivity (Wildman–Crippen MR) is 103 cm³/mol.